The van der Waals surface area contributed by atoms with E-state index in [2.05, 4.69) is 22.2 Å². The molecule has 0 aliphatic heterocycles. The number of nitrogens with one attached hydrogen (secondary N) is 1. The van der Waals surface area contributed by atoms with E-state index >= 15 is 0 Å². The average Bonchev–Trinajstić information content (AvgIpc) is 2.26. The van der Waals surface area contributed by atoms with Gasteiger partial charge in [-0.1, -0.05) is 6.92 Å². The molecule has 15 heavy (non-hydrogen) atoms. The number of aryl methyl sites for hydroxylation is 1. The first-order chi connectivity index (χ1) is 7.27. The van der Waals surface area contributed by atoms with Crippen LogP contribution in [0.1, 0.15) is 18.9 Å². The Balaban J connectivity index is 2.66. The Morgan fingerprint density at radius 3 is 3.00 bits per heavy atom. The fourth-order valence-electron chi connectivity index (χ4n) is 1.04. The summed E-state index contributed by atoms with van der Waals surface area (Å²) in [4.78, 5) is 8.31. The zero-order valence-corrected chi connectivity index (χ0v) is 9.16. The van der Waals surface area contributed by atoms with Crippen LogP contribution in [0.5, 0.6) is 5.88 Å². The summed E-state index contributed by atoms with van der Waals surface area (Å²) in [5.74, 6) is 1.09. The Morgan fingerprint density at radius 1 is 1.53 bits per heavy atom. The van der Waals surface area contributed by atoms with Crippen molar-refractivity contribution < 1.29 is 9.84 Å². The minimum atomic E-state index is -0.0127. The van der Waals surface area contributed by atoms with Gasteiger partial charge >= 0.3 is 0 Å². The molecule has 0 aromatic carbocycles. The summed E-state index contributed by atoms with van der Waals surface area (Å²) in [6.45, 7) is 5.02. The maximum atomic E-state index is 8.65. The first-order valence-electron chi connectivity index (χ1n) is 5.09. The minimum absolute atomic E-state index is 0.0127. The van der Waals surface area contributed by atoms with Gasteiger partial charge in [0.1, 0.15) is 6.61 Å². The first-order valence-corrected chi connectivity index (χ1v) is 5.09. The molecule has 5 heteroatoms. The lowest BCUT2D eigenvalue weighted by Gasteiger charge is -2.08. The molecule has 1 heterocycles. The molecular weight excluding hydrogens is 194 g/mol. The monoisotopic (exact) mass is 211 g/mol. The van der Waals surface area contributed by atoms with Crippen molar-refractivity contribution in [1.29, 1.82) is 0 Å². The molecule has 0 unspecified atom stereocenters. The van der Waals surface area contributed by atoms with Crippen LogP contribution in [0.3, 0.4) is 0 Å². The van der Waals surface area contributed by atoms with Gasteiger partial charge in [-0.2, -0.15) is 4.98 Å². The van der Waals surface area contributed by atoms with Gasteiger partial charge in [0.25, 0.3) is 0 Å². The van der Waals surface area contributed by atoms with Crippen LogP contribution in [0.2, 0.25) is 0 Å². The molecule has 0 amide bonds. The van der Waals surface area contributed by atoms with Crippen molar-refractivity contribution in [3.63, 3.8) is 0 Å². The highest BCUT2D eigenvalue weighted by atomic mass is 16.5. The molecule has 0 spiro atoms. The zero-order chi connectivity index (χ0) is 11.1. The van der Waals surface area contributed by atoms with E-state index in [1.807, 2.05) is 6.92 Å². The normalized spacial score (nSPS) is 10.1. The Labute approximate surface area is 89.5 Å². The second-order valence-electron chi connectivity index (χ2n) is 3.18. The smallest absolute Gasteiger partial charge is 0.225 e. The van der Waals surface area contributed by atoms with Crippen LogP contribution in [0.4, 0.5) is 5.95 Å². The van der Waals surface area contributed by atoms with Gasteiger partial charge in [0.2, 0.25) is 11.8 Å². The quantitative estimate of drug-likeness (QED) is 0.734. The van der Waals surface area contributed by atoms with E-state index in [1.54, 1.807) is 6.20 Å². The van der Waals surface area contributed by atoms with Gasteiger partial charge in [-0.3, -0.25) is 0 Å². The topological polar surface area (TPSA) is 67.3 Å². The van der Waals surface area contributed by atoms with Crippen molar-refractivity contribution in [3.8, 4) is 5.88 Å². The highest BCUT2D eigenvalue weighted by Crippen LogP contribution is 2.14. The van der Waals surface area contributed by atoms with Gasteiger partial charge < -0.3 is 15.2 Å². The summed E-state index contributed by atoms with van der Waals surface area (Å²) >= 11 is 0. The van der Waals surface area contributed by atoms with E-state index < -0.39 is 0 Å². The molecule has 0 bridgehead atoms. The molecule has 5 nitrogen and oxygen atoms in total. The summed E-state index contributed by atoms with van der Waals surface area (Å²) in [6, 6.07) is 0. The van der Waals surface area contributed by atoms with Crippen molar-refractivity contribution in [2.45, 2.75) is 20.3 Å². The third-order valence-corrected chi connectivity index (χ3v) is 1.79. The first kappa shape index (κ1) is 11.7. The second-order valence-corrected chi connectivity index (χ2v) is 3.18. The molecule has 0 saturated heterocycles. The fourth-order valence-corrected chi connectivity index (χ4v) is 1.04. The third kappa shape index (κ3) is 3.71. The molecule has 0 aliphatic rings. The van der Waals surface area contributed by atoms with Gasteiger partial charge in [0.15, 0.2) is 0 Å². The van der Waals surface area contributed by atoms with Crippen molar-refractivity contribution in [1.82, 2.24) is 9.97 Å². The largest absolute Gasteiger partial charge is 0.475 e. The van der Waals surface area contributed by atoms with Crippen LogP contribution in [0.15, 0.2) is 6.20 Å². The number of ether oxygens (including phenoxy) is 1. The zero-order valence-electron chi connectivity index (χ0n) is 9.16. The number of aromatic nitrogens is 2. The minimum Gasteiger partial charge on any atom is -0.475 e. The number of nitrogens with zero attached hydrogens (tertiary/aromatic N) is 2. The van der Waals surface area contributed by atoms with Crippen LogP contribution < -0.4 is 10.1 Å². The van der Waals surface area contributed by atoms with E-state index in [0.29, 0.717) is 11.8 Å². The molecule has 84 valence electrons. The van der Waals surface area contributed by atoms with Gasteiger partial charge in [-0.25, -0.2) is 4.98 Å². The SMILES string of the molecule is CCCNc1ncc(C)c(OCCO)n1. The molecular formula is C10H17N3O2. The number of anilines is 1. The molecule has 0 fully saturated rings. The van der Waals surface area contributed by atoms with Gasteiger partial charge in [0, 0.05) is 18.3 Å². The molecule has 2 N–H and O–H groups in total. The Bertz CT molecular complexity index is 305. The summed E-state index contributed by atoms with van der Waals surface area (Å²) in [6.07, 6.45) is 2.72. The van der Waals surface area contributed by atoms with Crippen molar-refractivity contribution in [3.05, 3.63) is 11.8 Å². The summed E-state index contributed by atoms with van der Waals surface area (Å²) < 4.78 is 5.27. The van der Waals surface area contributed by atoms with Crippen LogP contribution in [0, 0.1) is 6.92 Å². The lowest BCUT2D eigenvalue weighted by atomic mass is 10.4. The summed E-state index contributed by atoms with van der Waals surface area (Å²) in [5, 5.41) is 11.7. The van der Waals surface area contributed by atoms with E-state index in [9.17, 15) is 0 Å². The number of aliphatic hydroxyl groups is 1. The molecule has 0 radical (unpaired) electrons. The van der Waals surface area contributed by atoms with E-state index in [1.165, 1.54) is 0 Å². The van der Waals surface area contributed by atoms with E-state index in [0.717, 1.165) is 18.5 Å². The van der Waals surface area contributed by atoms with Crippen LogP contribution in [-0.4, -0.2) is 34.8 Å². The lowest BCUT2D eigenvalue weighted by Crippen LogP contribution is -2.08. The van der Waals surface area contributed by atoms with Crippen LogP contribution in [0.25, 0.3) is 0 Å². The molecule has 1 aromatic heterocycles. The second kappa shape index (κ2) is 6.19. The maximum Gasteiger partial charge on any atom is 0.225 e. The van der Waals surface area contributed by atoms with E-state index in [4.69, 9.17) is 9.84 Å². The Morgan fingerprint density at radius 2 is 2.33 bits per heavy atom. The average molecular weight is 211 g/mol. The van der Waals surface area contributed by atoms with Crippen molar-refractivity contribution >= 4 is 5.95 Å². The van der Waals surface area contributed by atoms with Gasteiger partial charge in [-0.15, -0.1) is 0 Å². The number of hydrogen-bond acceptors (Lipinski definition) is 5. The molecule has 1 aromatic rings. The molecule has 1 rings (SSSR count). The van der Waals surface area contributed by atoms with E-state index in [-0.39, 0.29) is 13.2 Å². The number of hydrogen-bond donors (Lipinski definition) is 2. The Kier molecular flexibility index (Phi) is 4.83. The number of aliphatic hydroxyl groups excluding tert-OH is 1. The summed E-state index contributed by atoms with van der Waals surface area (Å²) in [7, 11) is 0. The third-order valence-electron chi connectivity index (χ3n) is 1.79. The highest BCUT2D eigenvalue weighted by molar-refractivity contribution is 5.32. The van der Waals surface area contributed by atoms with Crippen molar-refractivity contribution in [2.24, 2.45) is 0 Å². The number of rotatable bonds is 6. The maximum absolute atomic E-state index is 8.65. The fraction of sp³-hybridized carbons (Fsp3) is 0.600. The lowest BCUT2D eigenvalue weighted by molar-refractivity contribution is 0.196. The van der Waals surface area contributed by atoms with Crippen LogP contribution in [-0.2, 0) is 0 Å². The highest BCUT2D eigenvalue weighted by Gasteiger charge is 2.03. The molecule has 0 atom stereocenters. The van der Waals surface area contributed by atoms with Crippen LogP contribution >= 0.6 is 0 Å². The van der Waals surface area contributed by atoms with Crippen molar-refractivity contribution in [2.75, 3.05) is 25.1 Å². The van der Waals surface area contributed by atoms with Gasteiger partial charge in [-0.05, 0) is 13.3 Å². The predicted octanol–water partition coefficient (Wildman–Crippen LogP) is 0.978. The van der Waals surface area contributed by atoms with Gasteiger partial charge in [0.05, 0.1) is 6.61 Å². The molecule has 0 saturated carbocycles. The molecule has 0 aliphatic carbocycles. The standard InChI is InChI=1S/C10H17N3O2/c1-3-4-11-10-12-7-8(2)9(13-10)15-6-5-14/h7,14H,3-6H2,1-2H3,(H,11,12,13). The summed E-state index contributed by atoms with van der Waals surface area (Å²) in [5.41, 5.74) is 0.866. The Hall–Kier alpha value is -1.36. The predicted molar refractivity (Wildman–Crippen MR) is 58.1 cm³/mol.